The van der Waals surface area contributed by atoms with Crippen LogP contribution in [0.5, 0.6) is 0 Å². The maximum absolute atomic E-state index is 11.7. The minimum absolute atomic E-state index is 0.0872. The van der Waals surface area contributed by atoms with Gasteiger partial charge in [0.1, 0.15) is 6.61 Å². The third-order valence-electron chi connectivity index (χ3n) is 2.42. The van der Waals surface area contributed by atoms with Gasteiger partial charge in [0.05, 0.1) is 27.8 Å². The van der Waals surface area contributed by atoms with E-state index in [4.69, 9.17) is 22.1 Å². The Balaban J connectivity index is 2.60. The lowest BCUT2D eigenvalue weighted by molar-refractivity contribution is 0.0530. The summed E-state index contributed by atoms with van der Waals surface area (Å²) >= 11 is 5.78. The Bertz CT molecular complexity index is 557. The van der Waals surface area contributed by atoms with Gasteiger partial charge in [-0.05, 0) is 18.6 Å². The summed E-state index contributed by atoms with van der Waals surface area (Å²) in [5, 5.41) is 0.257. The molecule has 0 spiro atoms. The van der Waals surface area contributed by atoms with Crippen molar-refractivity contribution in [1.29, 1.82) is 0 Å². The highest BCUT2D eigenvalue weighted by molar-refractivity contribution is 7.91. The fourth-order valence-electron chi connectivity index (χ4n) is 1.47. The number of halogens is 1. The van der Waals surface area contributed by atoms with Crippen molar-refractivity contribution < 1.29 is 17.9 Å². The van der Waals surface area contributed by atoms with E-state index in [1.54, 1.807) is 19.1 Å². The van der Waals surface area contributed by atoms with Crippen LogP contribution in [0.1, 0.15) is 23.7 Å². The molecule has 0 bridgehead atoms. The van der Waals surface area contributed by atoms with Crippen molar-refractivity contribution in [1.82, 2.24) is 0 Å². The Morgan fingerprint density at radius 2 is 2.05 bits per heavy atom. The fourth-order valence-corrected chi connectivity index (χ4v) is 2.81. The second-order valence-corrected chi connectivity index (χ2v) is 6.70. The molecule has 2 N–H and O–H groups in total. The maximum atomic E-state index is 11.7. The van der Waals surface area contributed by atoms with Gasteiger partial charge in [0.2, 0.25) is 0 Å². The normalized spacial score (nSPS) is 11.3. The van der Waals surface area contributed by atoms with Gasteiger partial charge in [-0.2, -0.15) is 0 Å². The standard InChI is InChI=1S/C12H16ClNO4S/c1-2-7-19(16,17)8-6-18-12(15)9-4-3-5-10(13)11(9)14/h3-5H,2,6-8,14H2,1H3. The smallest absolute Gasteiger partial charge is 0.340 e. The van der Waals surface area contributed by atoms with Crippen LogP contribution in [0.15, 0.2) is 18.2 Å². The Morgan fingerprint density at radius 1 is 1.37 bits per heavy atom. The molecule has 19 heavy (non-hydrogen) atoms. The lowest BCUT2D eigenvalue weighted by Gasteiger charge is -2.08. The van der Waals surface area contributed by atoms with Crippen molar-refractivity contribution >= 4 is 33.1 Å². The predicted molar refractivity (Wildman–Crippen MR) is 75.1 cm³/mol. The molecular formula is C12H16ClNO4S. The molecule has 0 unspecified atom stereocenters. The molecule has 0 fully saturated rings. The van der Waals surface area contributed by atoms with E-state index >= 15 is 0 Å². The number of nitrogens with two attached hydrogens (primary N) is 1. The number of carbonyl (C=O) groups is 1. The van der Waals surface area contributed by atoms with E-state index in [0.717, 1.165) is 0 Å². The predicted octanol–water partition coefficient (Wildman–Crippen LogP) is 1.90. The van der Waals surface area contributed by atoms with Gasteiger partial charge in [0, 0.05) is 0 Å². The van der Waals surface area contributed by atoms with Gasteiger partial charge in [0.15, 0.2) is 9.84 Å². The van der Waals surface area contributed by atoms with Crippen LogP contribution in [-0.4, -0.2) is 32.5 Å². The maximum Gasteiger partial charge on any atom is 0.340 e. The lowest BCUT2D eigenvalue weighted by Crippen LogP contribution is -2.18. The molecule has 0 aliphatic carbocycles. The van der Waals surface area contributed by atoms with Crippen LogP contribution in [0, 0.1) is 0 Å². The molecule has 0 saturated carbocycles. The molecule has 0 aliphatic heterocycles. The number of para-hydroxylation sites is 1. The molecule has 0 heterocycles. The zero-order chi connectivity index (χ0) is 14.5. The molecule has 1 rings (SSSR count). The quantitative estimate of drug-likeness (QED) is 0.641. The molecule has 1 aromatic carbocycles. The number of carbonyl (C=O) groups excluding carboxylic acids is 1. The number of rotatable bonds is 6. The van der Waals surface area contributed by atoms with Gasteiger partial charge in [-0.3, -0.25) is 0 Å². The number of esters is 1. The van der Waals surface area contributed by atoms with Gasteiger partial charge in [0.25, 0.3) is 0 Å². The van der Waals surface area contributed by atoms with Gasteiger partial charge in [-0.25, -0.2) is 13.2 Å². The first-order chi connectivity index (χ1) is 8.87. The largest absolute Gasteiger partial charge is 0.461 e. The van der Waals surface area contributed by atoms with Crippen LogP contribution in [-0.2, 0) is 14.6 Å². The number of benzene rings is 1. The van der Waals surface area contributed by atoms with Crippen molar-refractivity contribution in [2.45, 2.75) is 13.3 Å². The van der Waals surface area contributed by atoms with Gasteiger partial charge < -0.3 is 10.5 Å². The average molecular weight is 306 g/mol. The highest BCUT2D eigenvalue weighted by Gasteiger charge is 2.15. The zero-order valence-electron chi connectivity index (χ0n) is 10.6. The molecule has 0 atom stereocenters. The number of anilines is 1. The summed E-state index contributed by atoms with van der Waals surface area (Å²) in [5.41, 5.74) is 5.91. The summed E-state index contributed by atoms with van der Waals surface area (Å²) in [7, 11) is -3.16. The first kappa shape index (κ1) is 15.8. The molecular weight excluding hydrogens is 290 g/mol. The van der Waals surface area contributed by atoms with Crippen molar-refractivity contribution in [3.63, 3.8) is 0 Å². The van der Waals surface area contributed by atoms with Crippen LogP contribution < -0.4 is 5.73 Å². The molecule has 0 saturated heterocycles. The van der Waals surface area contributed by atoms with Crippen LogP contribution in [0.3, 0.4) is 0 Å². The van der Waals surface area contributed by atoms with Gasteiger partial charge in [-0.15, -0.1) is 0 Å². The SMILES string of the molecule is CCCS(=O)(=O)CCOC(=O)c1cccc(Cl)c1N. The van der Waals surface area contributed by atoms with E-state index in [-0.39, 0.29) is 34.4 Å². The molecule has 0 aliphatic rings. The van der Waals surface area contributed by atoms with Crippen LogP contribution in [0.25, 0.3) is 0 Å². The topological polar surface area (TPSA) is 86.5 Å². The molecule has 5 nitrogen and oxygen atoms in total. The van der Waals surface area contributed by atoms with E-state index in [1.165, 1.54) is 6.07 Å². The van der Waals surface area contributed by atoms with E-state index < -0.39 is 15.8 Å². The fraction of sp³-hybridized carbons (Fsp3) is 0.417. The van der Waals surface area contributed by atoms with E-state index in [1.807, 2.05) is 0 Å². The Morgan fingerprint density at radius 3 is 2.68 bits per heavy atom. The molecule has 7 heteroatoms. The highest BCUT2D eigenvalue weighted by Crippen LogP contribution is 2.22. The summed E-state index contributed by atoms with van der Waals surface area (Å²) in [4.78, 5) is 11.7. The summed E-state index contributed by atoms with van der Waals surface area (Å²) in [6.07, 6.45) is 0.539. The first-order valence-corrected chi connectivity index (χ1v) is 7.99. The minimum Gasteiger partial charge on any atom is -0.461 e. The summed E-state index contributed by atoms with van der Waals surface area (Å²) in [6, 6.07) is 4.60. The Kier molecular flexibility index (Phi) is 5.62. The third-order valence-corrected chi connectivity index (χ3v) is 4.56. The van der Waals surface area contributed by atoms with E-state index in [9.17, 15) is 13.2 Å². The number of sulfone groups is 1. The van der Waals surface area contributed by atoms with Crippen LogP contribution in [0.4, 0.5) is 5.69 Å². The summed E-state index contributed by atoms with van der Waals surface area (Å²) in [5.74, 6) is -0.775. The summed E-state index contributed by atoms with van der Waals surface area (Å²) in [6.45, 7) is 1.59. The Labute approximate surface area is 117 Å². The number of nitrogen functional groups attached to an aromatic ring is 1. The van der Waals surface area contributed by atoms with Gasteiger partial charge in [-0.1, -0.05) is 24.6 Å². The second-order valence-electron chi connectivity index (χ2n) is 3.99. The molecule has 0 radical (unpaired) electrons. The summed E-state index contributed by atoms with van der Waals surface area (Å²) < 4.78 is 27.8. The van der Waals surface area contributed by atoms with Crippen LogP contribution in [0.2, 0.25) is 5.02 Å². The first-order valence-electron chi connectivity index (χ1n) is 5.79. The van der Waals surface area contributed by atoms with E-state index in [0.29, 0.717) is 6.42 Å². The van der Waals surface area contributed by atoms with Crippen LogP contribution >= 0.6 is 11.6 Å². The minimum atomic E-state index is -3.16. The van der Waals surface area contributed by atoms with Crippen molar-refractivity contribution in [3.8, 4) is 0 Å². The number of hydrogen-bond acceptors (Lipinski definition) is 5. The second kappa shape index (κ2) is 6.77. The molecule has 0 aromatic heterocycles. The van der Waals surface area contributed by atoms with Crippen molar-refractivity contribution in [3.05, 3.63) is 28.8 Å². The number of ether oxygens (including phenoxy) is 1. The third kappa shape index (κ3) is 4.72. The lowest BCUT2D eigenvalue weighted by atomic mass is 10.2. The monoisotopic (exact) mass is 305 g/mol. The van der Waals surface area contributed by atoms with Crippen molar-refractivity contribution in [2.75, 3.05) is 23.8 Å². The Hall–Kier alpha value is -1.27. The average Bonchev–Trinajstić information content (AvgIpc) is 2.32. The molecule has 0 amide bonds. The highest BCUT2D eigenvalue weighted by atomic mass is 35.5. The number of hydrogen-bond donors (Lipinski definition) is 1. The molecule has 1 aromatic rings. The van der Waals surface area contributed by atoms with Gasteiger partial charge >= 0.3 is 5.97 Å². The molecule has 106 valence electrons. The van der Waals surface area contributed by atoms with Crippen molar-refractivity contribution in [2.24, 2.45) is 0 Å². The zero-order valence-corrected chi connectivity index (χ0v) is 12.1. The van der Waals surface area contributed by atoms with E-state index in [2.05, 4.69) is 0 Å².